The Morgan fingerprint density at radius 2 is 2.10 bits per heavy atom. The number of nitrogens with two attached hydrogens (primary N) is 1. The maximum atomic E-state index is 6.71. The minimum Gasteiger partial charge on any atom is -0.325 e. The maximum Gasteiger partial charge on any atom is 0.130 e. The Morgan fingerprint density at radius 1 is 1.40 bits per heavy atom. The second-order valence-electron chi connectivity index (χ2n) is 6.13. The van der Waals surface area contributed by atoms with Gasteiger partial charge >= 0.3 is 0 Å². The second kappa shape index (κ2) is 5.05. The number of hydrogen-bond acceptors (Lipinski definition) is 2. The molecule has 0 radical (unpaired) electrons. The first-order valence-corrected chi connectivity index (χ1v) is 7.87. The molecule has 2 aromatic rings. The van der Waals surface area contributed by atoms with Gasteiger partial charge in [0.25, 0.3) is 0 Å². The van der Waals surface area contributed by atoms with Gasteiger partial charge in [-0.2, -0.15) is 0 Å². The van der Waals surface area contributed by atoms with Crippen molar-refractivity contribution in [3.05, 3.63) is 29.0 Å². The van der Waals surface area contributed by atoms with Crippen molar-refractivity contribution in [3.63, 3.8) is 0 Å². The first-order chi connectivity index (χ1) is 9.55. The number of nitrogens with zero attached hydrogens (tertiary/aromatic N) is 2. The molecule has 1 fully saturated rings. The molecule has 3 nitrogen and oxygen atoms in total. The van der Waals surface area contributed by atoms with Crippen molar-refractivity contribution >= 4 is 22.6 Å². The minimum absolute atomic E-state index is 0.301. The predicted octanol–water partition coefficient (Wildman–Crippen LogP) is 4.07. The molecule has 1 aromatic carbocycles. The van der Waals surface area contributed by atoms with E-state index in [1.54, 1.807) is 0 Å². The van der Waals surface area contributed by atoms with Crippen LogP contribution in [0.1, 0.15) is 45.4 Å². The van der Waals surface area contributed by atoms with Gasteiger partial charge in [-0.15, -0.1) is 0 Å². The van der Waals surface area contributed by atoms with E-state index in [1.807, 2.05) is 18.2 Å². The summed E-state index contributed by atoms with van der Waals surface area (Å²) >= 11 is 6.36. The van der Waals surface area contributed by atoms with Crippen molar-refractivity contribution in [2.75, 3.05) is 0 Å². The highest BCUT2D eigenvalue weighted by atomic mass is 35.5. The molecule has 4 heteroatoms. The maximum absolute atomic E-state index is 6.71. The van der Waals surface area contributed by atoms with Crippen LogP contribution in [0.2, 0.25) is 5.02 Å². The lowest BCUT2D eigenvalue weighted by Crippen LogP contribution is -2.42. The summed E-state index contributed by atoms with van der Waals surface area (Å²) in [5.74, 6) is 1.78. The van der Waals surface area contributed by atoms with Gasteiger partial charge in [0.2, 0.25) is 0 Å². The van der Waals surface area contributed by atoms with E-state index in [0.717, 1.165) is 47.2 Å². The van der Waals surface area contributed by atoms with Gasteiger partial charge < -0.3 is 10.3 Å². The van der Waals surface area contributed by atoms with Gasteiger partial charge in [-0.25, -0.2) is 4.98 Å². The Kier molecular flexibility index (Phi) is 3.51. The molecule has 20 heavy (non-hydrogen) atoms. The average Bonchev–Trinajstić information content (AvgIpc) is 2.83. The summed E-state index contributed by atoms with van der Waals surface area (Å²) in [4.78, 5) is 4.82. The molecule has 1 aliphatic carbocycles. The van der Waals surface area contributed by atoms with Gasteiger partial charge in [-0.1, -0.05) is 24.6 Å². The number of para-hydroxylation sites is 1. The molecule has 0 aliphatic heterocycles. The zero-order valence-electron chi connectivity index (χ0n) is 12.2. The van der Waals surface area contributed by atoms with Crippen molar-refractivity contribution in [1.82, 2.24) is 9.55 Å². The van der Waals surface area contributed by atoms with Crippen LogP contribution in [0, 0.1) is 5.92 Å². The monoisotopic (exact) mass is 291 g/mol. The number of rotatable bonds is 2. The predicted molar refractivity (Wildman–Crippen MR) is 83.9 cm³/mol. The first-order valence-electron chi connectivity index (χ1n) is 7.49. The van der Waals surface area contributed by atoms with Crippen LogP contribution in [0.3, 0.4) is 0 Å². The molecule has 3 rings (SSSR count). The summed E-state index contributed by atoms with van der Waals surface area (Å²) in [5.41, 5.74) is 8.39. The Hall–Kier alpha value is -1.06. The highest BCUT2D eigenvalue weighted by Crippen LogP contribution is 2.39. The number of benzene rings is 1. The van der Waals surface area contributed by atoms with Gasteiger partial charge in [0.05, 0.1) is 21.6 Å². The molecule has 0 bridgehead atoms. The molecule has 1 aromatic heterocycles. The molecule has 1 aliphatic rings. The van der Waals surface area contributed by atoms with Crippen LogP contribution in [-0.4, -0.2) is 9.55 Å². The van der Waals surface area contributed by atoms with Gasteiger partial charge in [0, 0.05) is 6.54 Å². The summed E-state index contributed by atoms with van der Waals surface area (Å²) in [6.07, 6.45) is 4.37. The van der Waals surface area contributed by atoms with Crippen LogP contribution in [0.5, 0.6) is 0 Å². The Balaban J connectivity index is 2.14. The highest BCUT2D eigenvalue weighted by Gasteiger charge is 2.36. The van der Waals surface area contributed by atoms with Gasteiger partial charge in [-0.05, 0) is 50.7 Å². The van der Waals surface area contributed by atoms with E-state index in [2.05, 4.69) is 18.4 Å². The van der Waals surface area contributed by atoms with Crippen molar-refractivity contribution in [3.8, 4) is 0 Å². The lowest BCUT2D eigenvalue weighted by atomic mass is 9.77. The number of imidazole rings is 1. The number of hydrogen-bond donors (Lipinski definition) is 1. The number of fused-ring (bicyclic) bond motifs is 1. The van der Waals surface area contributed by atoms with Crippen LogP contribution in [-0.2, 0) is 12.1 Å². The molecule has 108 valence electrons. The zero-order chi connectivity index (χ0) is 14.3. The molecule has 1 heterocycles. The smallest absolute Gasteiger partial charge is 0.130 e. The van der Waals surface area contributed by atoms with Gasteiger partial charge in [-0.3, -0.25) is 0 Å². The number of aryl methyl sites for hydroxylation is 1. The van der Waals surface area contributed by atoms with Gasteiger partial charge in [0.1, 0.15) is 5.82 Å². The van der Waals surface area contributed by atoms with E-state index in [9.17, 15) is 0 Å². The third-order valence-electron chi connectivity index (χ3n) is 4.65. The Bertz CT molecular complexity index is 624. The molecular formula is C16H22ClN3. The van der Waals surface area contributed by atoms with Crippen LogP contribution in [0.25, 0.3) is 11.0 Å². The molecule has 0 saturated heterocycles. The normalized spacial score (nSPS) is 27.1. The van der Waals surface area contributed by atoms with Crippen LogP contribution >= 0.6 is 11.6 Å². The molecule has 1 saturated carbocycles. The fourth-order valence-electron chi connectivity index (χ4n) is 3.33. The molecule has 0 unspecified atom stereocenters. The average molecular weight is 292 g/mol. The van der Waals surface area contributed by atoms with E-state index in [1.165, 1.54) is 12.8 Å². The fraction of sp³-hybridized carbons (Fsp3) is 0.562. The Labute approximate surface area is 125 Å². The first kappa shape index (κ1) is 13.9. The standard InChI is InChI=1S/C16H22ClN3/c1-3-20-14-12(17)5-4-6-13(14)19-15(20)16(18)9-7-11(2)8-10-16/h4-6,11H,3,7-10,18H2,1-2H3. The van der Waals surface area contributed by atoms with Crippen molar-refractivity contribution < 1.29 is 0 Å². The van der Waals surface area contributed by atoms with E-state index >= 15 is 0 Å². The highest BCUT2D eigenvalue weighted by molar-refractivity contribution is 6.35. The van der Waals surface area contributed by atoms with E-state index in [0.29, 0.717) is 0 Å². The van der Waals surface area contributed by atoms with Crippen molar-refractivity contribution in [2.45, 2.75) is 51.6 Å². The second-order valence-corrected chi connectivity index (χ2v) is 6.53. The largest absolute Gasteiger partial charge is 0.325 e. The third-order valence-corrected chi connectivity index (χ3v) is 4.95. The van der Waals surface area contributed by atoms with Gasteiger partial charge in [0.15, 0.2) is 0 Å². The van der Waals surface area contributed by atoms with Crippen molar-refractivity contribution in [1.29, 1.82) is 0 Å². The van der Waals surface area contributed by atoms with E-state index in [4.69, 9.17) is 22.3 Å². The van der Waals surface area contributed by atoms with E-state index < -0.39 is 0 Å². The Morgan fingerprint density at radius 3 is 2.75 bits per heavy atom. The summed E-state index contributed by atoms with van der Waals surface area (Å²) in [6, 6.07) is 5.90. The lowest BCUT2D eigenvalue weighted by Gasteiger charge is -2.35. The fourth-order valence-corrected chi connectivity index (χ4v) is 3.60. The molecule has 0 atom stereocenters. The van der Waals surface area contributed by atoms with Crippen LogP contribution in [0.15, 0.2) is 18.2 Å². The summed E-state index contributed by atoms with van der Waals surface area (Å²) in [7, 11) is 0. The zero-order valence-corrected chi connectivity index (χ0v) is 13.0. The summed E-state index contributed by atoms with van der Waals surface area (Å²) in [6.45, 7) is 5.28. The van der Waals surface area contributed by atoms with Crippen LogP contribution in [0.4, 0.5) is 0 Å². The minimum atomic E-state index is -0.301. The summed E-state index contributed by atoms with van der Waals surface area (Å²) in [5, 5.41) is 0.760. The molecule has 0 amide bonds. The molecule has 2 N–H and O–H groups in total. The number of halogens is 1. The molecule has 0 spiro atoms. The summed E-state index contributed by atoms with van der Waals surface area (Å²) < 4.78 is 2.20. The van der Waals surface area contributed by atoms with E-state index in [-0.39, 0.29) is 5.54 Å². The molecular weight excluding hydrogens is 270 g/mol. The number of aromatic nitrogens is 2. The quantitative estimate of drug-likeness (QED) is 0.906. The SMILES string of the molecule is CCn1c(C2(N)CCC(C)CC2)nc2cccc(Cl)c21. The third kappa shape index (κ3) is 2.13. The van der Waals surface area contributed by atoms with Crippen molar-refractivity contribution in [2.24, 2.45) is 11.7 Å². The lowest BCUT2D eigenvalue weighted by molar-refractivity contribution is 0.232. The topological polar surface area (TPSA) is 43.8 Å². The van der Waals surface area contributed by atoms with Crippen LogP contribution < -0.4 is 5.73 Å².